The Kier molecular flexibility index (Phi) is 5.91. The molecule has 0 atom stereocenters. The Morgan fingerprint density at radius 2 is 1.86 bits per heavy atom. The average molecular weight is 351 g/mol. The molecule has 0 spiro atoms. The molecule has 1 aromatic carbocycles. The number of sulfonamides is 1. The molecule has 0 unspecified atom stereocenters. The van der Waals surface area contributed by atoms with Crippen LogP contribution in [-0.4, -0.2) is 50.3 Å². The molecule has 1 heterocycles. The van der Waals surface area contributed by atoms with Gasteiger partial charge >= 0.3 is 0 Å². The molecule has 21 heavy (non-hydrogen) atoms. The Balaban J connectivity index is 2.14. The summed E-state index contributed by atoms with van der Waals surface area (Å²) in [5.74, 6) is 0.273. The zero-order valence-electron chi connectivity index (χ0n) is 12.1. The number of nitrogens with zero attached hydrogens (tertiary/aromatic N) is 2. The third-order valence-electron chi connectivity index (χ3n) is 3.68. The van der Waals surface area contributed by atoms with Crippen molar-refractivity contribution in [3.8, 4) is 0 Å². The van der Waals surface area contributed by atoms with Crippen molar-refractivity contribution in [1.29, 1.82) is 0 Å². The van der Waals surface area contributed by atoms with Gasteiger partial charge in [0.1, 0.15) is 0 Å². The smallest absolute Gasteiger partial charge is 0.243 e. The lowest BCUT2D eigenvalue weighted by Crippen LogP contribution is -2.48. The normalized spacial score (nSPS) is 18.0. The third-order valence-corrected chi connectivity index (χ3v) is 6.21. The van der Waals surface area contributed by atoms with Crippen molar-refractivity contribution in [1.82, 2.24) is 9.21 Å². The fraction of sp³-hybridized carbons (Fsp3) is 0.571. The van der Waals surface area contributed by atoms with Crippen molar-refractivity contribution in [3.05, 3.63) is 28.8 Å². The molecule has 7 heteroatoms. The zero-order valence-corrected chi connectivity index (χ0v) is 14.4. The minimum Gasteiger partial charge on any atom is -0.301 e. The molecule has 0 aromatic heterocycles. The zero-order chi connectivity index (χ0) is 15.5. The summed E-state index contributed by atoms with van der Waals surface area (Å²) in [5, 5.41) is 0.399. The molecule has 1 fully saturated rings. The molecule has 0 aliphatic carbocycles. The van der Waals surface area contributed by atoms with Crippen LogP contribution < -0.4 is 0 Å². The third kappa shape index (κ3) is 3.90. The summed E-state index contributed by atoms with van der Waals surface area (Å²) >= 11 is 11.8. The predicted octanol–water partition coefficient (Wildman–Crippen LogP) is 2.80. The molecule has 1 saturated heterocycles. The predicted molar refractivity (Wildman–Crippen MR) is 86.5 cm³/mol. The molecule has 0 saturated carbocycles. The maximum absolute atomic E-state index is 12.6. The lowest BCUT2D eigenvalue weighted by atomic mass is 10.2. The van der Waals surface area contributed by atoms with E-state index in [9.17, 15) is 8.42 Å². The van der Waals surface area contributed by atoms with E-state index in [1.54, 1.807) is 12.1 Å². The second-order valence-corrected chi connectivity index (χ2v) is 7.74. The molecule has 118 valence electrons. The second kappa shape index (κ2) is 7.29. The molecule has 1 aliphatic heterocycles. The Morgan fingerprint density at radius 1 is 1.19 bits per heavy atom. The quantitative estimate of drug-likeness (QED) is 0.766. The molecule has 4 nitrogen and oxygen atoms in total. The Morgan fingerprint density at radius 3 is 2.38 bits per heavy atom. The number of benzene rings is 1. The lowest BCUT2D eigenvalue weighted by molar-refractivity contribution is 0.188. The molecule has 1 aliphatic rings. The van der Waals surface area contributed by atoms with Crippen molar-refractivity contribution in [2.24, 2.45) is 0 Å². The monoisotopic (exact) mass is 350 g/mol. The topological polar surface area (TPSA) is 40.6 Å². The van der Waals surface area contributed by atoms with Gasteiger partial charge in [-0.2, -0.15) is 4.31 Å². The summed E-state index contributed by atoms with van der Waals surface area (Å²) in [6.45, 7) is 5.75. The van der Waals surface area contributed by atoms with Gasteiger partial charge in [0.15, 0.2) is 0 Å². The van der Waals surface area contributed by atoms with Gasteiger partial charge in [0, 0.05) is 37.1 Å². The maximum atomic E-state index is 12.6. The first kappa shape index (κ1) is 17.0. The van der Waals surface area contributed by atoms with Crippen LogP contribution >= 0.6 is 23.2 Å². The molecule has 0 radical (unpaired) electrons. The van der Waals surface area contributed by atoms with E-state index in [-0.39, 0.29) is 10.8 Å². The van der Waals surface area contributed by atoms with Gasteiger partial charge in [-0.1, -0.05) is 24.6 Å². The van der Waals surface area contributed by atoms with Gasteiger partial charge in [0.05, 0.1) is 4.90 Å². The Labute approximate surface area is 136 Å². The first-order valence-electron chi connectivity index (χ1n) is 7.06. The molecule has 0 N–H and O–H groups in total. The highest BCUT2D eigenvalue weighted by Gasteiger charge is 2.28. The van der Waals surface area contributed by atoms with Crippen LogP contribution in [0.4, 0.5) is 0 Å². The molecular formula is C14H20Cl2N2O2S. The number of rotatable bonds is 5. The van der Waals surface area contributed by atoms with E-state index in [0.29, 0.717) is 18.1 Å². The Bertz CT molecular complexity index is 585. The summed E-state index contributed by atoms with van der Waals surface area (Å²) in [4.78, 5) is 2.53. The average Bonchev–Trinajstić information content (AvgIpc) is 2.48. The SMILES string of the molecule is CCCN1CCN(S(=O)(=O)c2ccc(CCl)c(Cl)c2)CC1. The van der Waals surface area contributed by atoms with Crippen LogP contribution in [0.2, 0.25) is 5.02 Å². The van der Waals surface area contributed by atoms with Crippen molar-refractivity contribution >= 4 is 33.2 Å². The van der Waals surface area contributed by atoms with Gasteiger partial charge in [0.2, 0.25) is 10.0 Å². The number of alkyl halides is 1. The molecule has 0 bridgehead atoms. The fourth-order valence-corrected chi connectivity index (χ4v) is 4.52. The lowest BCUT2D eigenvalue weighted by Gasteiger charge is -2.33. The van der Waals surface area contributed by atoms with Crippen LogP contribution in [0.25, 0.3) is 0 Å². The maximum Gasteiger partial charge on any atom is 0.243 e. The van der Waals surface area contributed by atoms with E-state index in [0.717, 1.165) is 31.6 Å². The second-order valence-electron chi connectivity index (χ2n) is 5.13. The van der Waals surface area contributed by atoms with Crippen LogP contribution in [0.1, 0.15) is 18.9 Å². The Hall–Kier alpha value is -0.330. The molecule has 2 rings (SSSR count). The standard InChI is InChI=1S/C14H20Cl2N2O2S/c1-2-5-17-6-8-18(9-7-17)21(19,20)13-4-3-12(11-15)14(16)10-13/h3-4,10H,2,5-9,11H2,1H3. The van der Waals surface area contributed by atoms with E-state index in [1.807, 2.05) is 0 Å². The summed E-state index contributed by atoms with van der Waals surface area (Å²) in [6, 6.07) is 4.75. The minimum atomic E-state index is -3.47. The molecule has 0 amide bonds. The van der Waals surface area contributed by atoms with Crippen LogP contribution in [0, 0.1) is 0 Å². The van der Waals surface area contributed by atoms with Gasteiger partial charge in [-0.3, -0.25) is 0 Å². The van der Waals surface area contributed by atoms with Crippen LogP contribution in [0.5, 0.6) is 0 Å². The number of hydrogen-bond acceptors (Lipinski definition) is 3. The van der Waals surface area contributed by atoms with E-state index >= 15 is 0 Å². The minimum absolute atomic E-state index is 0.241. The van der Waals surface area contributed by atoms with Crippen LogP contribution in [0.15, 0.2) is 23.1 Å². The van der Waals surface area contributed by atoms with Gasteiger partial charge in [-0.05, 0) is 30.7 Å². The summed E-state index contributed by atoms with van der Waals surface area (Å²) < 4.78 is 26.8. The van der Waals surface area contributed by atoms with Crippen LogP contribution in [-0.2, 0) is 15.9 Å². The van der Waals surface area contributed by atoms with Crippen molar-refractivity contribution in [3.63, 3.8) is 0 Å². The van der Waals surface area contributed by atoms with E-state index in [4.69, 9.17) is 23.2 Å². The van der Waals surface area contributed by atoms with Crippen molar-refractivity contribution in [2.75, 3.05) is 32.7 Å². The number of piperazine rings is 1. The van der Waals surface area contributed by atoms with E-state index in [1.165, 1.54) is 10.4 Å². The highest BCUT2D eigenvalue weighted by molar-refractivity contribution is 7.89. The van der Waals surface area contributed by atoms with Crippen molar-refractivity contribution < 1.29 is 8.42 Å². The molecule has 1 aromatic rings. The number of halogens is 2. The fourth-order valence-electron chi connectivity index (χ4n) is 2.46. The highest BCUT2D eigenvalue weighted by Crippen LogP contribution is 2.25. The van der Waals surface area contributed by atoms with E-state index < -0.39 is 10.0 Å². The first-order valence-corrected chi connectivity index (χ1v) is 9.41. The highest BCUT2D eigenvalue weighted by atomic mass is 35.5. The summed E-state index contributed by atoms with van der Waals surface area (Å²) in [7, 11) is -3.47. The van der Waals surface area contributed by atoms with Gasteiger partial charge < -0.3 is 4.90 Å². The van der Waals surface area contributed by atoms with E-state index in [2.05, 4.69) is 11.8 Å². The summed E-state index contributed by atoms with van der Waals surface area (Å²) in [5.41, 5.74) is 0.741. The van der Waals surface area contributed by atoms with Gasteiger partial charge in [0.25, 0.3) is 0 Å². The first-order chi connectivity index (χ1) is 9.98. The number of hydrogen-bond donors (Lipinski definition) is 0. The largest absolute Gasteiger partial charge is 0.301 e. The van der Waals surface area contributed by atoms with Crippen LogP contribution in [0.3, 0.4) is 0 Å². The molecular weight excluding hydrogens is 331 g/mol. The van der Waals surface area contributed by atoms with Gasteiger partial charge in [-0.15, -0.1) is 11.6 Å². The van der Waals surface area contributed by atoms with Gasteiger partial charge in [-0.25, -0.2) is 8.42 Å². The van der Waals surface area contributed by atoms with Crippen molar-refractivity contribution in [2.45, 2.75) is 24.1 Å². The summed E-state index contributed by atoms with van der Waals surface area (Å²) in [6.07, 6.45) is 1.09.